The van der Waals surface area contributed by atoms with E-state index in [0.717, 1.165) is 22.8 Å². The molecule has 7 heteroatoms. The Labute approximate surface area is 164 Å². The lowest BCUT2D eigenvalue weighted by Gasteiger charge is -2.34. The topological polar surface area (TPSA) is 61.9 Å². The van der Waals surface area contributed by atoms with Crippen molar-refractivity contribution in [2.45, 2.75) is 25.3 Å². The van der Waals surface area contributed by atoms with Gasteiger partial charge in [-0.15, -0.1) is 22.7 Å². The molecule has 3 aromatic heterocycles. The summed E-state index contributed by atoms with van der Waals surface area (Å²) >= 11 is 3.35. The fraction of sp³-hybridized carbons (Fsp3) is 0.250. The van der Waals surface area contributed by atoms with E-state index in [-0.39, 0.29) is 11.9 Å². The summed E-state index contributed by atoms with van der Waals surface area (Å²) in [6, 6.07) is 10.5. The van der Waals surface area contributed by atoms with Crippen LogP contribution in [0.4, 0.5) is 0 Å². The Morgan fingerprint density at radius 1 is 1.30 bits per heavy atom. The summed E-state index contributed by atoms with van der Waals surface area (Å²) in [5.74, 6) is 0.168. The molecule has 4 heterocycles. The molecule has 1 aromatic carbocycles. The number of benzene rings is 1. The van der Waals surface area contributed by atoms with Crippen LogP contribution in [0.15, 0.2) is 48.2 Å². The number of rotatable bonds is 4. The van der Waals surface area contributed by atoms with E-state index >= 15 is 0 Å². The summed E-state index contributed by atoms with van der Waals surface area (Å²) < 4.78 is 1.24. The Hall–Kier alpha value is -2.51. The number of thiazole rings is 1. The predicted molar refractivity (Wildman–Crippen MR) is 108 cm³/mol. The van der Waals surface area contributed by atoms with Crippen LogP contribution < -0.4 is 0 Å². The van der Waals surface area contributed by atoms with Crippen LogP contribution in [0.5, 0.6) is 0 Å². The summed E-state index contributed by atoms with van der Waals surface area (Å²) in [5.41, 5.74) is 2.12. The van der Waals surface area contributed by atoms with Gasteiger partial charge in [0.15, 0.2) is 0 Å². The number of hydrogen-bond donors (Lipinski definition) is 1. The maximum absolute atomic E-state index is 13.1. The number of nitrogens with zero attached hydrogens (tertiary/aromatic N) is 3. The molecule has 4 aromatic rings. The van der Waals surface area contributed by atoms with E-state index in [2.05, 4.69) is 45.3 Å². The minimum atomic E-state index is -0.110. The van der Waals surface area contributed by atoms with Gasteiger partial charge in [0.1, 0.15) is 6.04 Å². The summed E-state index contributed by atoms with van der Waals surface area (Å²) in [6.45, 7) is 0.713. The highest BCUT2D eigenvalue weighted by Gasteiger charge is 2.34. The largest absolute Gasteiger partial charge is 0.348 e. The molecule has 136 valence electrons. The van der Waals surface area contributed by atoms with Crippen LogP contribution in [-0.2, 0) is 17.6 Å². The van der Waals surface area contributed by atoms with Crippen LogP contribution in [0.3, 0.4) is 0 Å². The summed E-state index contributed by atoms with van der Waals surface area (Å²) in [4.78, 5) is 28.4. The third kappa shape index (κ3) is 3.07. The second-order valence-corrected chi connectivity index (χ2v) is 8.71. The van der Waals surface area contributed by atoms with E-state index in [4.69, 9.17) is 0 Å². The molecular weight excluding hydrogens is 376 g/mol. The van der Waals surface area contributed by atoms with Gasteiger partial charge >= 0.3 is 0 Å². The van der Waals surface area contributed by atoms with Crippen molar-refractivity contribution in [3.63, 3.8) is 0 Å². The lowest BCUT2D eigenvalue weighted by atomic mass is 10.00. The first kappa shape index (κ1) is 16.6. The number of aromatic nitrogens is 3. The second kappa shape index (κ2) is 6.90. The fourth-order valence-electron chi connectivity index (χ4n) is 3.70. The number of carbonyl (C=O) groups excluding carboxylic acids is 1. The van der Waals surface area contributed by atoms with Crippen molar-refractivity contribution < 1.29 is 4.79 Å². The highest BCUT2D eigenvalue weighted by molar-refractivity contribution is 7.19. The number of thiophene rings is 1. The van der Waals surface area contributed by atoms with Crippen LogP contribution in [0.2, 0.25) is 0 Å². The number of hydrogen-bond acceptors (Lipinski definition) is 5. The number of amides is 1. The summed E-state index contributed by atoms with van der Waals surface area (Å²) in [5, 5.41) is 4.19. The summed E-state index contributed by atoms with van der Waals surface area (Å²) in [7, 11) is 0. The average molecular weight is 395 g/mol. The first-order chi connectivity index (χ1) is 13.3. The molecule has 27 heavy (non-hydrogen) atoms. The first-order valence-corrected chi connectivity index (χ1v) is 10.7. The van der Waals surface area contributed by atoms with Crippen molar-refractivity contribution in [1.29, 1.82) is 0 Å². The van der Waals surface area contributed by atoms with Crippen LogP contribution in [0.1, 0.15) is 33.7 Å². The maximum Gasteiger partial charge on any atom is 0.223 e. The van der Waals surface area contributed by atoms with Gasteiger partial charge in [-0.3, -0.25) is 4.79 Å². The first-order valence-electron chi connectivity index (χ1n) is 8.98. The van der Waals surface area contributed by atoms with E-state index < -0.39 is 0 Å². The fourth-order valence-corrected chi connectivity index (χ4v) is 5.51. The number of carbonyl (C=O) groups is 1. The van der Waals surface area contributed by atoms with Crippen LogP contribution in [0, 0.1) is 0 Å². The molecule has 1 N–H and O–H groups in total. The molecule has 0 saturated heterocycles. The van der Waals surface area contributed by atoms with Gasteiger partial charge in [-0.1, -0.05) is 18.2 Å². The number of aryl methyl sites for hydroxylation is 1. The van der Waals surface area contributed by atoms with Crippen molar-refractivity contribution >= 4 is 38.7 Å². The van der Waals surface area contributed by atoms with E-state index in [0.29, 0.717) is 19.4 Å². The maximum atomic E-state index is 13.1. The van der Waals surface area contributed by atoms with Crippen LogP contribution in [-0.4, -0.2) is 32.3 Å². The molecular formula is C20H18N4OS2. The van der Waals surface area contributed by atoms with E-state index in [1.54, 1.807) is 35.2 Å². The van der Waals surface area contributed by atoms with Gasteiger partial charge in [0, 0.05) is 52.7 Å². The second-order valence-electron chi connectivity index (χ2n) is 6.62. The highest BCUT2D eigenvalue weighted by atomic mass is 32.1. The number of H-pyrrole nitrogens is 1. The molecule has 5 rings (SSSR count). The number of fused-ring (bicyclic) bond motifs is 2. The molecule has 0 radical (unpaired) electrons. The molecule has 0 aliphatic carbocycles. The quantitative estimate of drug-likeness (QED) is 0.565. The lowest BCUT2D eigenvalue weighted by molar-refractivity contribution is -0.133. The molecule has 1 amide bonds. The monoisotopic (exact) mass is 394 g/mol. The standard InChI is InChI=1S/C20H18N4OS2/c25-18(6-5-17-21-8-10-26-17)24-9-7-14-19(23-12-22-14)20(24)16-11-13-3-1-2-4-15(13)27-16/h1-4,8,10-12,20H,5-7,9H2,(H,22,23)/t20-/m0/s1. The van der Waals surface area contributed by atoms with Crippen LogP contribution in [0.25, 0.3) is 10.1 Å². The Morgan fingerprint density at radius 2 is 2.22 bits per heavy atom. The molecule has 0 saturated carbocycles. The minimum absolute atomic E-state index is 0.110. The zero-order chi connectivity index (χ0) is 18.2. The molecule has 5 nitrogen and oxygen atoms in total. The van der Waals surface area contributed by atoms with E-state index in [1.807, 2.05) is 10.3 Å². The van der Waals surface area contributed by atoms with Crippen LogP contribution >= 0.6 is 22.7 Å². The number of imidazole rings is 1. The Bertz CT molecular complexity index is 1050. The molecule has 1 atom stereocenters. The summed E-state index contributed by atoms with van der Waals surface area (Å²) in [6.07, 6.45) is 5.53. The normalized spacial score (nSPS) is 16.6. The smallest absolute Gasteiger partial charge is 0.223 e. The third-order valence-electron chi connectivity index (χ3n) is 5.00. The third-order valence-corrected chi connectivity index (χ3v) is 7.00. The van der Waals surface area contributed by atoms with Gasteiger partial charge in [-0.25, -0.2) is 9.97 Å². The molecule has 0 bridgehead atoms. The number of nitrogens with one attached hydrogen (secondary N) is 1. The number of aromatic amines is 1. The van der Waals surface area contributed by atoms with Gasteiger partial charge in [-0.05, 0) is 17.5 Å². The Morgan fingerprint density at radius 3 is 3.07 bits per heavy atom. The van der Waals surface area contributed by atoms with Crippen molar-refractivity contribution in [1.82, 2.24) is 19.9 Å². The zero-order valence-corrected chi connectivity index (χ0v) is 16.2. The molecule has 1 aliphatic heterocycles. The van der Waals surface area contributed by atoms with E-state index in [1.165, 1.54) is 15.0 Å². The van der Waals surface area contributed by atoms with E-state index in [9.17, 15) is 4.79 Å². The highest BCUT2D eigenvalue weighted by Crippen LogP contribution is 2.39. The predicted octanol–water partition coefficient (Wildman–Crippen LogP) is 4.19. The Balaban J connectivity index is 1.49. The van der Waals surface area contributed by atoms with Gasteiger partial charge in [-0.2, -0.15) is 0 Å². The Kier molecular flexibility index (Phi) is 4.26. The molecule has 1 aliphatic rings. The van der Waals surface area contributed by atoms with Gasteiger partial charge < -0.3 is 9.88 Å². The van der Waals surface area contributed by atoms with Gasteiger partial charge in [0.2, 0.25) is 5.91 Å². The molecule has 0 spiro atoms. The van der Waals surface area contributed by atoms with Crippen molar-refractivity contribution in [3.05, 3.63) is 69.5 Å². The minimum Gasteiger partial charge on any atom is -0.348 e. The van der Waals surface area contributed by atoms with Crippen molar-refractivity contribution in [3.8, 4) is 0 Å². The SMILES string of the molecule is O=C(CCc1nccs1)N1CCc2[nH]cnc2[C@@H]1c1cc2ccccc2s1. The lowest BCUT2D eigenvalue weighted by Crippen LogP contribution is -2.40. The van der Waals surface area contributed by atoms with Crippen molar-refractivity contribution in [2.75, 3.05) is 6.54 Å². The van der Waals surface area contributed by atoms with Gasteiger partial charge in [0.05, 0.1) is 17.0 Å². The van der Waals surface area contributed by atoms with Crippen molar-refractivity contribution in [2.24, 2.45) is 0 Å². The molecule has 0 fully saturated rings. The average Bonchev–Trinajstić information content (AvgIpc) is 3.45. The molecule has 0 unspecified atom stereocenters. The zero-order valence-electron chi connectivity index (χ0n) is 14.6. The van der Waals surface area contributed by atoms with Gasteiger partial charge in [0.25, 0.3) is 0 Å².